The van der Waals surface area contributed by atoms with Crippen LogP contribution in [0.2, 0.25) is 5.02 Å². The van der Waals surface area contributed by atoms with Gasteiger partial charge in [-0.3, -0.25) is 0 Å². The highest BCUT2D eigenvalue weighted by Gasteiger charge is 2.23. The van der Waals surface area contributed by atoms with Crippen LogP contribution in [0.25, 0.3) is 0 Å². The molecule has 0 spiro atoms. The maximum atomic E-state index is 12.2. The van der Waals surface area contributed by atoms with Crippen LogP contribution >= 0.6 is 27.5 Å². The van der Waals surface area contributed by atoms with Gasteiger partial charge in [0.2, 0.25) is 10.0 Å². The van der Waals surface area contributed by atoms with Crippen molar-refractivity contribution in [3.8, 4) is 0 Å². The number of sulfonamides is 1. The number of nitrogens with one attached hydrogen (secondary N) is 1. The van der Waals surface area contributed by atoms with Gasteiger partial charge in [0, 0.05) is 17.6 Å². The third kappa shape index (κ3) is 3.92. The predicted molar refractivity (Wildman–Crippen MR) is 79.9 cm³/mol. The number of benzene rings is 1. The Labute approximate surface area is 127 Å². The molecule has 0 amide bonds. The largest absolute Gasteiger partial charge is 0.306 e. The van der Waals surface area contributed by atoms with Crippen LogP contribution in [0.5, 0.6) is 0 Å². The molecule has 1 fully saturated rings. The molecule has 0 bridgehead atoms. The highest BCUT2D eigenvalue weighted by molar-refractivity contribution is 9.10. The first kappa shape index (κ1) is 15.3. The van der Waals surface area contributed by atoms with Crippen LogP contribution in [0.3, 0.4) is 0 Å². The summed E-state index contributed by atoms with van der Waals surface area (Å²) in [5, 5.41) is 0.227. The lowest BCUT2D eigenvalue weighted by Crippen LogP contribution is -2.30. The molecule has 19 heavy (non-hydrogen) atoms. The zero-order valence-electron chi connectivity index (χ0n) is 10.6. The second kappa shape index (κ2) is 6.10. The van der Waals surface area contributed by atoms with Gasteiger partial charge in [0.05, 0.1) is 5.02 Å². The van der Waals surface area contributed by atoms with Crippen molar-refractivity contribution in [1.29, 1.82) is 0 Å². The molecule has 1 aromatic rings. The molecule has 0 aromatic heterocycles. The minimum absolute atomic E-state index is 0.128. The fourth-order valence-corrected chi connectivity index (χ4v) is 4.34. The van der Waals surface area contributed by atoms with E-state index in [-0.39, 0.29) is 9.92 Å². The van der Waals surface area contributed by atoms with Gasteiger partial charge in [-0.2, -0.15) is 0 Å². The van der Waals surface area contributed by atoms with Gasteiger partial charge in [0.25, 0.3) is 0 Å². The molecule has 106 valence electrons. The topological polar surface area (TPSA) is 49.4 Å². The van der Waals surface area contributed by atoms with Crippen molar-refractivity contribution in [2.75, 3.05) is 26.7 Å². The molecule has 1 N–H and O–H groups in total. The summed E-state index contributed by atoms with van der Waals surface area (Å²) in [5.74, 6) is 0.369. The summed E-state index contributed by atoms with van der Waals surface area (Å²) < 4.78 is 27.8. The molecule has 0 saturated carbocycles. The fourth-order valence-electron chi connectivity index (χ4n) is 2.19. The molecule has 2 rings (SSSR count). The Kier molecular flexibility index (Phi) is 4.89. The first-order valence-electron chi connectivity index (χ1n) is 6.02. The van der Waals surface area contributed by atoms with Crippen LogP contribution in [-0.2, 0) is 10.0 Å². The Morgan fingerprint density at radius 2 is 2.26 bits per heavy atom. The number of hydrogen-bond donors (Lipinski definition) is 1. The van der Waals surface area contributed by atoms with Gasteiger partial charge in [-0.15, -0.1) is 0 Å². The lowest BCUT2D eigenvalue weighted by Gasteiger charge is -2.13. The first-order chi connectivity index (χ1) is 8.88. The predicted octanol–water partition coefficient (Wildman–Crippen LogP) is 2.33. The molecule has 1 aliphatic rings. The quantitative estimate of drug-likeness (QED) is 0.888. The van der Waals surface area contributed by atoms with E-state index in [0.717, 1.165) is 24.0 Å². The fraction of sp³-hybridized carbons (Fsp3) is 0.500. The molecule has 1 aliphatic heterocycles. The van der Waals surface area contributed by atoms with E-state index in [1.54, 1.807) is 12.1 Å². The molecule has 1 atom stereocenters. The molecule has 1 unspecified atom stereocenters. The van der Waals surface area contributed by atoms with E-state index in [1.165, 1.54) is 6.07 Å². The molecular weight excluding hydrogens is 352 g/mol. The van der Waals surface area contributed by atoms with Crippen LogP contribution in [0, 0.1) is 5.92 Å². The van der Waals surface area contributed by atoms with E-state index in [1.807, 2.05) is 7.05 Å². The van der Waals surface area contributed by atoms with Gasteiger partial charge >= 0.3 is 0 Å². The van der Waals surface area contributed by atoms with Gasteiger partial charge in [-0.1, -0.05) is 27.5 Å². The average molecular weight is 368 g/mol. The smallest absolute Gasteiger partial charge is 0.242 e. The van der Waals surface area contributed by atoms with Crippen molar-refractivity contribution in [2.24, 2.45) is 5.92 Å². The van der Waals surface area contributed by atoms with E-state index in [2.05, 4.69) is 25.6 Å². The highest BCUT2D eigenvalue weighted by atomic mass is 79.9. The van der Waals surface area contributed by atoms with Crippen molar-refractivity contribution in [3.63, 3.8) is 0 Å². The second-order valence-corrected chi connectivity index (χ2v) is 7.90. The molecule has 1 saturated heterocycles. The monoisotopic (exact) mass is 366 g/mol. The molecule has 0 radical (unpaired) electrons. The van der Waals surface area contributed by atoms with Gasteiger partial charge in [0.1, 0.15) is 4.90 Å². The molecular formula is C12H16BrClN2O2S. The molecule has 7 heteroatoms. The van der Waals surface area contributed by atoms with Crippen molar-refractivity contribution >= 4 is 37.6 Å². The van der Waals surface area contributed by atoms with Crippen molar-refractivity contribution < 1.29 is 8.42 Å². The van der Waals surface area contributed by atoms with Gasteiger partial charge in [0.15, 0.2) is 0 Å². The van der Waals surface area contributed by atoms with Crippen LogP contribution in [0.15, 0.2) is 27.6 Å². The highest BCUT2D eigenvalue weighted by Crippen LogP contribution is 2.25. The average Bonchev–Trinajstić information content (AvgIpc) is 2.72. The summed E-state index contributed by atoms with van der Waals surface area (Å²) in [6.07, 6.45) is 1.02. The zero-order chi connectivity index (χ0) is 14.0. The SMILES string of the molecule is CN1CCC(CNS(=O)(=O)c2ccc(Br)cc2Cl)C1. The summed E-state index contributed by atoms with van der Waals surface area (Å²) in [5.41, 5.74) is 0. The van der Waals surface area contributed by atoms with Gasteiger partial charge < -0.3 is 4.90 Å². The lowest BCUT2D eigenvalue weighted by atomic mass is 10.1. The molecule has 1 aromatic carbocycles. The minimum atomic E-state index is -3.53. The molecule has 1 heterocycles. The maximum absolute atomic E-state index is 12.2. The number of nitrogens with zero attached hydrogens (tertiary/aromatic N) is 1. The Bertz CT molecular complexity index is 565. The second-order valence-electron chi connectivity index (χ2n) is 4.84. The Balaban J connectivity index is 2.06. The Morgan fingerprint density at radius 3 is 2.84 bits per heavy atom. The van der Waals surface area contributed by atoms with Crippen LogP contribution in [0.1, 0.15) is 6.42 Å². The van der Waals surface area contributed by atoms with E-state index in [9.17, 15) is 8.42 Å². The molecule has 4 nitrogen and oxygen atoms in total. The maximum Gasteiger partial charge on any atom is 0.242 e. The standard InChI is InChI=1S/C12H16BrClN2O2S/c1-16-5-4-9(8-16)7-15-19(17,18)12-3-2-10(13)6-11(12)14/h2-3,6,9,15H,4-5,7-8H2,1H3. The van der Waals surface area contributed by atoms with Gasteiger partial charge in [-0.25, -0.2) is 13.1 Å². The Hall–Kier alpha value is -0.140. The number of hydrogen-bond acceptors (Lipinski definition) is 3. The molecule has 0 aliphatic carbocycles. The third-order valence-corrected chi connectivity index (χ3v) is 5.63. The van der Waals surface area contributed by atoms with Crippen LogP contribution < -0.4 is 4.72 Å². The normalized spacial score (nSPS) is 20.9. The number of halogens is 2. The summed E-state index contributed by atoms with van der Waals surface area (Å²) in [4.78, 5) is 2.33. The Morgan fingerprint density at radius 1 is 1.53 bits per heavy atom. The van der Waals surface area contributed by atoms with Crippen molar-refractivity contribution in [2.45, 2.75) is 11.3 Å². The lowest BCUT2D eigenvalue weighted by molar-refractivity contribution is 0.394. The van der Waals surface area contributed by atoms with E-state index in [0.29, 0.717) is 12.5 Å². The summed E-state index contributed by atoms with van der Waals surface area (Å²) in [6.45, 7) is 2.40. The number of rotatable bonds is 4. The first-order valence-corrected chi connectivity index (χ1v) is 8.67. The van der Waals surface area contributed by atoms with E-state index >= 15 is 0 Å². The third-order valence-electron chi connectivity index (χ3n) is 3.23. The zero-order valence-corrected chi connectivity index (χ0v) is 13.7. The van der Waals surface area contributed by atoms with E-state index < -0.39 is 10.0 Å². The summed E-state index contributed by atoms with van der Waals surface area (Å²) >= 11 is 9.23. The summed E-state index contributed by atoms with van der Waals surface area (Å²) in [6, 6.07) is 4.76. The van der Waals surface area contributed by atoms with E-state index in [4.69, 9.17) is 11.6 Å². The minimum Gasteiger partial charge on any atom is -0.306 e. The van der Waals surface area contributed by atoms with Crippen LogP contribution in [-0.4, -0.2) is 40.0 Å². The summed E-state index contributed by atoms with van der Waals surface area (Å²) in [7, 11) is -1.49. The van der Waals surface area contributed by atoms with Crippen molar-refractivity contribution in [3.05, 3.63) is 27.7 Å². The van der Waals surface area contributed by atoms with Crippen molar-refractivity contribution in [1.82, 2.24) is 9.62 Å². The van der Waals surface area contributed by atoms with Gasteiger partial charge in [-0.05, 0) is 44.1 Å². The van der Waals surface area contributed by atoms with Crippen LogP contribution in [0.4, 0.5) is 0 Å². The number of likely N-dealkylation sites (tertiary alicyclic amines) is 1.